The molecule has 0 heterocycles. The third-order valence-corrected chi connectivity index (χ3v) is 2.29. The molecular formula is C14H19NO5. The molecule has 1 aromatic rings. The molecule has 0 spiro atoms. The molecule has 1 aromatic carbocycles. The van der Waals surface area contributed by atoms with Crippen molar-refractivity contribution in [1.29, 1.82) is 0 Å². The second-order valence-electron chi connectivity index (χ2n) is 5.17. The molecule has 0 bridgehead atoms. The number of ketones is 1. The molecule has 0 saturated heterocycles. The Bertz CT molecular complexity index is 505. The summed E-state index contributed by atoms with van der Waals surface area (Å²) in [5.74, 6) is -0.161. The number of methoxy groups -OCH3 is 1. The van der Waals surface area contributed by atoms with Crippen LogP contribution >= 0.6 is 0 Å². The molecule has 6 nitrogen and oxygen atoms in total. The number of benzene rings is 1. The Labute approximate surface area is 117 Å². The number of phenolic OH excluding ortho intramolecular Hbond substituents is 1. The van der Waals surface area contributed by atoms with Gasteiger partial charge in [-0.3, -0.25) is 4.79 Å². The number of alkyl carbamates (subject to hydrolysis) is 1. The fourth-order valence-electron chi connectivity index (χ4n) is 1.42. The Morgan fingerprint density at radius 3 is 2.50 bits per heavy atom. The number of Topliss-reactive ketones (excluding diaryl/α,β-unsaturated/α-hetero) is 1. The second-order valence-corrected chi connectivity index (χ2v) is 5.17. The second kappa shape index (κ2) is 6.27. The van der Waals surface area contributed by atoms with Crippen LogP contribution in [0.15, 0.2) is 18.2 Å². The molecule has 1 amide bonds. The summed E-state index contributed by atoms with van der Waals surface area (Å²) in [6, 6.07) is 4.23. The first-order valence-corrected chi connectivity index (χ1v) is 6.10. The number of rotatable bonds is 4. The lowest BCUT2D eigenvalue weighted by molar-refractivity contribution is 0.0520. The van der Waals surface area contributed by atoms with E-state index in [0.717, 1.165) is 0 Å². The molecule has 1 rings (SSSR count). The van der Waals surface area contributed by atoms with E-state index in [0.29, 0.717) is 5.56 Å². The predicted molar refractivity (Wildman–Crippen MR) is 73.2 cm³/mol. The van der Waals surface area contributed by atoms with Crippen LogP contribution in [0.5, 0.6) is 11.5 Å². The van der Waals surface area contributed by atoms with E-state index in [1.807, 2.05) is 0 Å². The van der Waals surface area contributed by atoms with E-state index < -0.39 is 11.7 Å². The zero-order valence-electron chi connectivity index (χ0n) is 12.0. The summed E-state index contributed by atoms with van der Waals surface area (Å²) in [5.41, 5.74) is -0.287. The van der Waals surface area contributed by atoms with Gasteiger partial charge in [0.05, 0.1) is 13.7 Å². The van der Waals surface area contributed by atoms with Crippen molar-refractivity contribution in [3.8, 4) is 11.5 Å². The normalized spacial score (nSPS) is 10.8. The van der Waals surface area contributed by atoms with Crippen molar-refractivity contribution >= 4 is 11.9 Å². The topological polar surface area (TPSA) is 84.9 Å². The maximum absolute atomic E-state index is 11.9. The molecule has 0 aromatic heterocycles. The summed E-state index contributed by atoms with van der Waals surface area (Å²) in [4.78, 5) is 23.3. The number of nitrogens with one attached hydrogen (secondary N) is 1. The maximum atomic E-state index is 11.9. The monoisotopic (exact) mass is 281 g/mol. The van der Waals surface area contributed by atoms with Gasteiger partial charge in [0.25, 0.3) is 0 Å². The molecule has 0 unspecified atom stereocenters. The fraction of sp³-hybridized carbons (Fsp3) is 0.429. The van der Waals surface area contributed by atoms with Gasteiger partial charge in [0, 0.05) is 5.56 Å². The van der Waals surface area contributed by atoms with Gasteiger partial charge in [0.15, 0.2) is 17.3 Å². The lowest BCUT2D eigenvalue weighted by Gasteiger charge is -2.19. The van der Waals surface area contributed by atoms with Gasteiger partial charge in [-0.05, 0) is 39.0 Å². The Balaban J connectivity index is 2.61. The number of hydrogen-bond donors (Lipinski definition) is 2. The predicted octanol–water partition coefficient (Wildman–Crippen LogP) is 2.11. The molecule has 0 atom stereocenters. The Morgan fingerprint density at radius 2 is 1.95 bits per heavy atom. The zero-order valence-corrected chi connectivity index (χ0v) is 12.0. The summed E-state index contributed by atoms with van der Waals surface area (Å²) in [6.45, 7) is 5.01. The molecule has 0 fully saturated rings. The minimum absolute atomic E-state index is 0.0517. The summed E-state index contributed by atoms with van der Waals surface area (Å²) in [5, 5.41) is 11.8. The van der Waals surface area contributed by atoms with E-state index in [9.17, 15) is 14.7 Å². The highest BCUT2D eigenvalue weighted by atomic mass is 16.6. The molecule has 0 aliphatic carbocycles. The highest BCUT2D eigenvalue weighted by Gasteiger charge is 2.17. The van der Waals surface area contributed by atoms with Gasteiger partial charge in [-0.25, -0.2) is 4.79 Å². The van der Waals surface area contributed by atoms with Gasteiger partial charge in [-0.2, -0.15) is 0 Å². The van der Waals surface area contributed by atoms with Gasteiger partial charge in [-0.1, -0.05) is 0 Å². The molecular weight excluding hydrogens is 262 g/mol. The number of ether oxygens (including phenoxy) is 2. The Kier molecular flexibility index (Phi) is 4.96. The average Bonchev–Trinajstić information content (AvgIpc) is 2.34. The number of carbonyl (C=O) groups is 2. The van der Waals surface area contributed by atoms with Crippen LogP contribution in [-0.2, 0) is 4.74 Å². The highest BCUT2D eigenvalue weighted by Crippen LogP contribution is 2.26. The van der Waals surface area contributed by atoms with E-state index in [1.165, 1.54) is 25.3 Å². The van der Waals surface area contributed by atoms with E-state index in [-0.39, 0.29) is 23.8 Å². The molecule has 20 heavy (non-hydrogen) atoms. The number of aromatic hydroxyl groups is 1. The van der Waals surface area contributed by atoms with Gasteiger partial charge >= 0.3 is 6.09 Å². The zero-order chi connectivity index (χ0) is 15.3. The highest BCUT2D eigenvalue weighted by molar-refractivity contribution is 5.99. The minimum Gasteiger partial charge on any atom is -0.504 e. The standard InChI is InChI=1S/C14H19NO5/c1-14(2,3)20-13(18)15-8-11(17)9-5-6-10(16)12(7-9)19-4/h5-7,16H,8H2,1-4H3,(H,15,18). The van der Waals surface area contributed by atoms with Gasteiger partial charge in [0.1, 0.15) is 5.60 Å². The van der Waals surface area contributed by atoms with Crippen molar-refractivity contribution in [3.63, 3.8) is 0 Å². The van der Waals surface area contributed by atoms with Crippen LogP contribution in [0.4, 0.5) is 4.79 Å². The fourth-order valence-corrected chi connectivity index (χ4v) is 1.42. The average molecular weight is 281 g/mol. The molecule has 0 aliphatic rings. The number of phenols is 1. The van der Waals surface area contributed by atoms with Crippen molar-refractivity contribution in [1.82, 2.24) is 5.32 Å². The van der Waals surface area contributed by atoms with Crippen LogP contribution in [-0.4, -0.2) is 36.2 Å². The molecule has 110 valence electrons. The lowest BCUT2D eigenvalue weighted by Crippen LogP contribution is -2.35. The quantitative estimate of drug-likeness (QED) is 0.826. The van der Waals surface area contributed by atoms with Crippen LogP contribution < -0.4 is 10.1 Å². The van der Waals surface area contributed by atoms with Gasteiger partial charge in [0.2, 0.25) is 0 Å². The van der Waals surface area contributed by atoms with Gasteiger partial charge in [-0.15, -0.1) is 0 Å². The van der Waals surface area contributed by atoms with E-state index in [4.69, 9.17) is 9.47 Å². The summed E-state index contributed by atoms with van der Waals surface area (Å²) in [6.07, 6.45) is -0.656. The van der Waals surface area contributed by atoms with Crippen LogP contribution in [0.25, 0.3) is 0 Å². The van der Waals surface area contributed by atoms with Crippen molar-refractivity contribution in [3.05, 3.63) is 23.8 Å². The first-order valence-electron chi connectivity index (χ1n) is 6.10. The summed E-state index contributed by atoms with van der Waals surface area (Å²) < 4.78 is 9.93. The molecule has 0 saturated carbocycles. The SMILES string of the molecule is COc1cc(C(=O)CNC(=O)OC(C)(C)C)ccc1O. The van der Waals surface area contributed by atoms with E-state index >= 15 is 0 Å². The van der Waals surface area contributed by atoms with Crippen LogP contribution in [0.2, 0.25) is 0 Å². The molecule has 6 heteroatoms. The van der Waals surface area contributed by atoms with E-state index in [1.54, 1.807) is 20.8 Å². The Hall–Kier alpha value is -2.24. The number of amides is 1. The summed E-state index contributed by atoms with van der Waals surface area (Å²) in [7, 11) is 1.39. The minimum atomic E-state index is -0.656. The van der Waals surface area contributed by atoms with Crippen LogP contribution in [0, 0.1) is 0 Å². The first-order chi connectivity index (χ1) is 9.23. The van der Waals surface area contributed by atoms with Crippen molar-refractivity contribution in [2.75, 3.05) is 13.7 Å². The number of hydrogen-bond acceptors (Lipinski definition) is 5. The lowest BCUT2D eigenvalue weighted by atomic mass is 10.1. The first kappa shape index (κ1) is 15.8. The third kappa shape index (κ3) is 4.79. The van der Waals surface area contributed by atoms with Crippen molar-refractivity contribution in [2.45, 2.75) is 26.4 Å². The smallest absolute Gasteiger partial charge is 0.408 e. The van der Waals surface area contributed by atoms with Crippen LogP contribution in [0.1, 0.15) is 31.1 Å². The summed E-state index contributed by atoms with van der Waals surface area (Å²) >= 11 is 0. The molecule has 0 aliphatic heterocycles. The Morgan fingerprint density at radius 1 is 1.30 bits per heavy atom. The third-order valence-electron chi connectivity index (χ3n) is 2.29. The van der Waals surface area contributed by atoms with E-state index in [2.05, 4.69) is 5.32 Å². The largest absolute Gasteiger partial charge is 0.504 e. The number of carbonyl (C=O) groups excluding carboxylic acids is 2. The molecule has 0 radical (unpaired) electrons. The molecule has 2 N–H and O–H groups in total. The van der Waals surface area contributed by atoms with Crippen molar-refractivity contribution in [2.24, 2.45) is 0 Å². The van der Waals surface area contributed by atoms with Crippen LogP contribution in [0.3, 0.4) is 0 Å². The van der Waals surface area contributed by atoms with Crippen molar-refractivity contribution < 1.29 is 24.2 Å². The maximum Gasteiger partial charge on any atom is 0.408 e. The van der Waals surface area contributed by atoms with Gasteiger partial charge < -0.3 is 19.9 Å².